The number of nitrogens with one attached hydrogen (secondary N) is 1. The van der Waals surface area contributed by atoms with Crippen LogP contribution in [0, 0.1) is 6.92 Å². The molecule has 5 rings (SSSR count). The summed E-state index contributed by atoms with van der Waals surface area (Å²) in [6.07, 6.45) is 0. The number of thiophene rings is 1. The molecule has 5 aromatic rings. The van der Waals surface area contributed by atoms with E-state index in [-0.39, 0.29) is 23.4 Å². The number of carbonyl (C=O) groups excluding carboxylic acids is 1. The van der Waals surface area contributed by atoms with Gasteiger partial charge in [-0.05, 0) is 42.1 Å². The lowest BCUT2D eigenvalue weighted by Gasteiger charge is -2.08. The number of aromatic nitrogens is 1. The van der Waals surface area contributed by atoms with Crippen molar-refractivity contribution in [3.05, 3.63) is 101 Å². The van der Waals surface area contributed by atoms with Crippen LogP contribution in [0.2, 0.25) is 0 Å². The van der Waals surface area contributed by atoms with E-state index in [1.807, 2.05) is 66.2 Å². The molecule has 0 aliphatic heterocycles. The summed E-state index contributed by atoms with van der Waals surface area (Å²) in [4.78, 5) is 17.4. The molecule has 0 spiro atoms. The number of oxazole rings is 1. The SMILES string of the molecule is Cc1ccc(-c2cccc(-c3nc(-c4ccsc4)c(NC(=O)c4ccccc4)o3)c2O)cc1. The fourth-order valence-corrected chi connectivity index (χ4v) is 4.20. The lowest BCUT2D eigenvalue weighted by molar-refractivity contribution is 0.102. The second-order valence-electron chi connectivity index (χ2n) is 7.60. The van der Waals surface area contributed by atoms with Gasteiger partial charge in [-0.15, -0.1) is 0 Å². The number of rotatable bonds is 5. The predicted octanol–water partition coefficient (Wildman–Crippen LogP) is 7.00. The van der Waals surface area contributed by atoms with E-state index in [1.54, 1.807) is 30.3 Å². The first-order valence-electron chi connectivity index (χ1n) is 10.4. The van der Waals surface area contributed by atoms with E-state index in [0.29, 0.717) is 22.4 Å². The van der Waals surface area contributed by atoms with Gasteiger partial charge in [0.1, 0.15) is 11.4 Å². The number of hydrogen-bond donors (Lipinski definition) is 2. The number of hydrogen-bond acceptors (Lipinski definition) is 5. The highest BCUT2D eigenvalue weighted by Crippen LogP contribution is 2.41. The van der Waals surface area contributed by atoms with Crippen LogP contribution in [0.1, 0.15) is 15.9 Å². The first-order valence-corrected chi connectivity index (χ1v) is 11.3. The van der Waals surface area contributed by atoms with Crippen molar-refractivity contribution in [3.63, 3.8) is 0 Å². The fourth-order valence-electron chi connectivity index (χ4n) is 3.56. The second kappa shape index (κ2) is 8.76. The van der Waals surface area contributed by atoms with Gasteiger partial charge in [-0.25, -0.2) is 4.98 Å². The number of phenolic OH excluding ortho intramolecular Hbond substituents is 1. The molecule has 0 unspecified atom stereocenters. The van der Waals surface area contributed by atoms with Gasteiger partial charge in [-0.3, -0.25) is 10.1 Å². The molecule has 3 aromatic carbocycles. The van der Waals surface area contributed by atoms with Crippen LogP contribution in [0.5, 0.6) is 5.75 Å². The monoisotopic (exact) mass is 452 g/mol. The van der Waals surface area contributed by atoms with Crippen molar-refractivity contribution in [2.45, 2.75) is 6.92 Å². The maximum absolute atomic E-state index is 12.8. The molecule has 2 heterocycles. The minimum Gasteiger partial charge on any atom is -0.506 e. The van der Waals surface area contributed by atoms with Crippen molar-refractivity contribution >= 4 is 23.1 Å². The molecule has 0 saturated heterocycles. The Balaban J connectivity index is 1.57. The Bertz CT molecular complexity index is 1410. The molecular weight excluding hydrogens is 432 g/mol. The lowest BCUT2D eigenvalue weighted by Crippen LogP contribution is -2.11. The zero-order chi connectivity index (χ0) is 22.8. The highest BCUT2D eigenvalue weighted by molar-refractivity contribution is 7.08. The van der Waals surface area contributed by atoms with Crippen LogP contribution in [-0.4, -0.2) is 16.0 Å². The van der Waals surface area contributed by atoms with Gasteiger partial charge in [-0.2, -0.15) is 11.3 Å². The number of amides is 1. The van der Waals surface area contributed by atoms with E-state index >= 15 is 0 Å². The topological polar surface area (TPSA) is 75.4 Å². The molecule has 1 amide bonds. The zero-order valence-corrected chi connectivity index (χ0v) is 18.6. The molecule has 33 heavy (non-hydrogen) atoms. The summed E-state index contributed by atoms with van der Waals surface area (Å²) in [6.45, 7) is 2.02. The molecule has 0 aliphatic rings. The molecule has 0 atom stereocenters. The fraction of sp³-hybridized carbons (Fsp3) is 0.0370. The summed E-state index contributed by atoms with van der Waals surface area (Å²) >= 11 is 1.52. The van der Waals surface area contributed by atoms with Crippen molar-refractivity contribution < 1.29 is 14.3 Å². The van der Waals surface area contributed by atoms with Gasteiger partial charge in [-0.1, -0.05) is 60.2 Å². The molecule has 162 valence electrons. The summed E-state index contributed by atoms with van der Waals surface area (Å²) in [6, 6.07) is 24.2. The average Bonchev–Trinajstić information content (AvgIpc) is 3.51. The number of anilines is 1. The third-order valence-corrected chi connectivity index (χ3v) is 6.00. The summed E-state index contributed by atoms with van der Waals surface area (Å²) in [7, 11) is 0. The Morgan fingerprint density at radius 1 is 0.909 bits per heavy atom. The largest absolute Gasteiger partial charge is 0.506 e. The minimum absolute atomic E-state index is 0.0698. The number of carbonyl (C=O) groups is 1. The maximum Gasteiger partial charge on any atom is 0.258 e. The number of benzene rings is 3. The van der Waals surface area contributed by atoms with E-state index in [9.17, 15) is 9.90 Å². The molecule has 0 saturated carbocycles. The van der Waals surface area contributed by atoms with E-state index in [4.69, 9.17) is 4.42 Å². The van der Waals surface area contributed by atoms with Gasteiger partial charge in [0.15, 0.2) is 0 Å². The van der Waals surface area contributed by atoms with Gasteiger partial charge in [0.25, 0.3) is 5.91 Å². The van der Waals surface area contributed by atoms with Gasteiger partial charge in [0.05, 0.1) is 5.56 Å². The van der Waals surface area contributed by atoms with Gasteiger partial charge < -0.3 is 9.52 Å². The second-order valence-corrected chi connectivity index (χ2v) is 8.38. The van der Waals surface area contributed by atoms with Crippen LogP contribution < -0.4 is 5.32 Å². The van der Waals surface area contributed by atoms with Crippen molar-refractivity contribution in [1.82, 2.24) is 4.98 Å². The molecule has 2 aromatic heterocycles. The highest BCUT2D eigenvalue weighted by atomic mass is 32.1. The number of nitrogens with zero attached hydrogens (tertiary/aromatic N) is 1. The smallest absolute Gasteiger partial charge is 0.258 e. The summed E-state index contributed by atoms with van der Waals surface area (Å²) in [5, 5.41) is 17.8. The van der Waals surface area contributed by atoms with Crippen molar-refractivity contribution in [3.8, 4) is 39.6 Å². The Morgan fingerprint density at radius 2 is 1.67 bits per heavy atom. The predicted molar refractivity (Wildman–Crippen MR) is 131 cm³/mol. The van der Waals surface area contributed by atoms with Crippen LogP contribution in [0.15, 0.2) is 94.0 Å². The van der Waals surface area contributed by atoms with E-state index in [0.717, 1.165) is 16.7 Å². The van der Waals surface area contributed by atoms with Crippen LogP contribution in [0.3, 0.4) is 0 Å². The van der Waals surface area contributed by atoms with Crippen LogP contribution >= 0.6 is 11.3 Å². The quantitative estimate of drug-likeness (QED) is 0.301. The Kier molecular flexibility index (Phi) is 5.50. The average molecular weight is 453 g/mol. The summed E-state index contributed by atoms with van der Waals surface area (Å²) < 4.78 is 6.01. The number of aryl methyl sites for hydroxylation is 1. The zero-order valence-electron chi connectivity index (χ0n) is 17.8. The minimum atomic E-state index is -0.299. The molecule has 0 bridgehead atoms. The van der Waals surface area contributed by atoms with Crippen LogP contribution in [-0.2, 0) is 0 Å². The van der Waals surface area contributed by atoms with E-state index < -0.39 is 0 Å². The normalized spacial score (nSPS) is 10.8. The molecule has 2 N–H and O–H groups in total. The van der Waals surface area contributed by atoms with Crippen molar-refractivity contribution in [1.29, 1.82) is 0 Å². The molecule has 5 nitrogen and oxygen atoms in total. The third-order valence-electron chi connectivity index (χ3n) is 5.31. The Morgan fingerprint density at radius 3 is 2.39 bits per heavy atom. The van der Waals surface area contributed by atoms with E-state index in [1.165, 1.54) is 11.3 Å². The van der Waals surface area contributed by atoms with Crippen LogP contribution in [0.4, 0.5) is 5.88 Å². The standard InChI is InChI=1S/C27H20N2O3S/c1-17-10-12-18(13-11-17)21-8-5-9-22(24(21)30)26-28-23(20-14-15-33-16-20)27(32-26)29-25(31)19-6-3-2-4-7-19/h2-16,30H,1H3,(H,29,31). The lowest BCUT2D eigenvalue weighted by atomic mass is 10.0. The third kappa shape index (κ3) is 4.16. The molecule has 0 fully saturated rings. The summed E-state index contributed by atoms with van der Waals surface area (Å²) in [5.74, 6) is 0.233. The first-order chi connectivity index (χ1) is 16.1. The Hall–Kier alpha value is -4.16. The van der Waals surface area contributed by atoms with Gasteiger partial charge >= 0.3 is 0 Å². The van der Waals surface area contributed by atoms with Gasteiger partial charge in [0, 0.05) is 22.1 Å². The van der Waals surface area contributed by atoms with Crippen LogP contribution in [0.25, 0.3) is 33.8 Å². The molecular formula is C27H20N2O3S. The number of phenols is 1. The Labute approximate surface area is 195 Å². The molecule has 0 aliphatic carbocycles. The first kappa shape index (κ1) is 20.7. The van der Waals surface area contributed by atoms with Crippen molar-refractivity contribution in [2.75, 3.05) is 5.32 Å². The summed E-state index contributed by atoms with van der Waals surface area (Å²) in [5.41, 5.74) is 5.00. The van der Waals surface area contributed by atoms with Gasteiger partial charge in [0.2, 0.25) is 11.8 Å². The van der Waals surface area contributed by atoms with E-state index in [2.05, 4.69) is 10.3 Å². The number of aromatic hydroxyl groups is 1. The highest BCUT2D eigenvalue weighted by Gasteiger charge is 2.22. The van der Waals surface area contributed by atoms with Crippen molar-refractivity contribution in [2.24, 2.45) is 0 Å². The molecule has 6 heteroatoms. The number of para-hydroxylation sites is 1. The maximum atomic E-state index is 12.8. The molecule has 0 radical (unpaired) electrons.